The molecule has 252 valence electrons. The van der Waals surface area contributed by atoms with Gasteiger partial charge in [-0.2, -0.15) is 0 Å². The van der Waals surface area contributed by atoms with E-state index in [9.17, 15) is 0 Å². The lowest BCUT2D eigenvalue weighted by Gasteiger charge is -2.34. The van der Waals surface area contributed by atoms with Crippen molar-refractivity contribution in [3.8, 4) is 22.3 Å². The minimum atomic E-state index is -0.395. The smallest absolute Gasteiger partial charge is 0.247 e. The Morgan fingerprint density at radius 2 is 0.907 bits per heavy atom. The summed E-state index contributed by atoms with van der Waals surface area (Å²) in [7, 11) is 0. The Morgan fingerprint density at radius 3 is 1.52 bits per heavy atom. The molecule has 0 spiro atoms. The molecule has 2 aliphatic rings. The molecule has 11 rings (SSSR count). The highest BCUT2D eigenvalue weighted by Crippen LogP contribution is 2.47. The molecule has 0 aromatic heterocycles. The molecule has 0 amide bonds. The normalized spacial score (nSPS) is 13.9. The first kappa shape index (κ1) is 26.8. The van der Waals surface area contributed by atoms with Crippen LogP contribution in [0.15, 0.2) is 214 Å². The van der Waals surface area contributed by atoms with Crippen LogP contribution in [0.5, 0.6) is 0 Å². The number of fused-ring (bicyclic) bond motifs is 6. The molecule has 54 heavy (non-hydrogen) atoms. The molecule has 0 N–H and O–H groups in total. The third kappa shape index (κ3) is 5.05. The minimum Gasteiger partial charge on any atom is -0.310 e. The average Bonchev–Trinajstić information content (AvgIpc) is 3.28. The lowest BCUT2D eigenvalue weighted by molar-refractivity contribution is 1.26. The number of hydrogen-bond acceptors (Lipinski definition) is 3. The highest BCUT2D eigenvalue weighted by atomic mass is 32.2. The molecular formula is C50H32BNS2. The standard InChI is InChI=1S/C50H32BNS2/c1-4-16-33(17-5-1)48-38-22-10-12-24-40(38)49(41-25-13-11-23-39(41)48)34-30-46-50-47(31-34)54-45-32-37(28-29-43(45)51(50)42-26-14-15-27-44(42)53-46)52(35-18-6-2-7-19-35)36-20-8-3-9-21-36/h1-32H/i1D,4D,5D,16D,17D. The first-order valence-corrected chi connectivity index (χ1v) is 19.7. The molecule has 0 bridgehead atoms. The van der Waals surface area contributed by atoms with Gasteiger partial charge in [-0.25, -0.2) is 0 Å². The van der Waals surface area contributed by atoms with E-state index >= 15 is 0 Å². The van der Waals surface area contributed by atoms with Gasteiger partial charge in [-0.3, -0.25) is 0 Å². The predicted octanol–water partition coefficient (Wildman–Crippen LogP) is 12.2. The summed E-state index contributed by atoms with van der Waals surface area (Å²) in [4.78, 5) is 7.21. The summed E-state index contributed by atoms with van der Waals surface area (Å²) in [5, 5.41) is 3.60. The molecule has 9 aromatic carbocycles. The summed E-state index contributed by atoms with van der Waals surface area (Å²) in [5.41, 5.74) is 10.2. The van der Waals surface area contributed by atoms with Gasteiger partial charge in [-0.05, 0) is 104 Å². The van der Waals surface area contributed by atoms with Crippen LogP contribution < -0.4 is 21.3 Å². The summed E-state index contributed by atoms with van der Waals surface area (Å²) >= 11 is 3.65. The van der Waals surface area contributed by atoms with Crippen LogP contribution in [0.2, 0.25) is 0 Å². The summed E-state index contributed by atoms with van der Waals surface area (Å²) in [6.45, 7) is 0.0682. The van der Waals surface area contributed by atoms with E-state index in [1.54, 1.807) is 0 Å². The summed E-state index contributed by atoms with van der Waals surface area (Å²) in [5.74, 6) is 0. The van der Waals surface area contributed by atoms with Gasteiger partial charge in [0.25, 0.3) is 0 Å². The van der Waals surface area contributed by atoms with Gasteiger partial charge in [0.05, 0.1) is 6.85 Å². The van der Waals surface area contributed by atoms with Crippen LogP contribution in [-0.2, 0) is 0 Å². The van der Waals surface area contributed by atoms with Crippen LogP contribution in [0.1, 0.15) is 6.85 Å². The largest absolute Gasteiger partial charge is 0.310 e. The Hall–Kier alpha value is -5.94. The molecule has 1 nitrogen and oxygen atoms in total. The van der Waals surface area contributed by atoms with Gasteiger partial charge in [0.2, 0.25) is 6.71 Å². The number of para-hydroxylation sites is 2. The molecule has 0 fully saturated rings. The van der Waals surface area contributed by atoms with Crippen LogP contribution in [0.4, 0.5) is 17.1 Å². The third-order valence-electron chi connectivity index (χ3n) is 10.6. The summed E-state index contributed by atoms with van der Waals surface area (Å²) < 4.78 is 43.4. The summed E-state index contributed by atoms with van der Waals surface area (Å²) in [6, 6.07) is 56.2. The van der Waals surface area contributed by atoms with Crippen molar-refractivity contribution in [2.45, 2.75) is 19.6 Å². The fourth-order valence-electron chi connectivity index (χ4n) is 8.40. The Kier molecular flexibility index (Phi) is 6.38. The lowest BCUT2D eigenvalue weighted by Crippen LogP contribution is -2.58. The minimum absolute atomic E-state index is 0.0682. The zero-order valence-corrected chi connectivity index (χ0v) is 30.6. The van der Waals surface area contributed by atoms with E-state index in [1.165, 1.54) is 36.0 Å². The van der Waals surface area contributed by atoms with Crippen LogP contribution in [0.3, 0.4) is 0 Å². The van der Waals surface area contributed by atoms with Gasteiger partial charge in [0, 0.05) is 36.6 Å². The van der Waals surface area contributed by atoms with Gasteiger partial charge < -0.3 is 4.90 Å². The SMILES string of the molecule is [2H]c1c([2H])c([2H])c(-c2c3ccccc3c(-c3cc4c5c(c3)Sc3cc(N(c6ccccc6)c6ccccc6)ccc3B5c3ccccc3S4)c3ccccc23)c([2H])c1[2H]. The molecule has 0 atom stereocenters. The Morgan fingerprint density at radius 1 is 0.407 bits per heavy atom. The van der Waals surface area contributed by atoms with E-state index in [-0.39, 0.29) is 36.4 Å². The first-order chi connectivity index (χ1) is 28.9. The molecule has 0 unspecified atom stereocenters. The van der Waals surface area contributed by atoms with E-state index in [2.05, 4.69) is 132 Å². The topological polar surface area (TPSA) is 3.24 Å². The van der Waals surface area contributed by atoms with Crippen LogP contribution in [-0.4, -0.2) is 6.71 Å². The maximum absolute atomic E-state index is 9.00. The zero-order chi connectivity index (χ0) is 39.9. The molecule has 0 radical (unpaired) electrons. The quantitative estimate of drug-likeness (QED) is 0.128. The molecule has 0 aliphatic carbocycles. The van der Waals surface area contributed by atoms with E-state index in [1.807, 2.05) is 59.9 Å². The van der Waals surface area contributed by atoms with Gasteiger partial charge in [0.15, 0.2) is 0 Å². The summed E-state index contributed by atoms with van der Waals surface area (Å²) in [6.07, 6.45) is 0. The van der Waals surface area contributed by atoms with Gasteiger partial charge in [0.1, 0.15) is 0 Å². The number of benzene rings is 9. The van der Waals surface area contributed by atoms with E-state index in [0.29, 0.717) is 5.56 Å². The lowest BCUT2D eigenvalue weighted by atomic mass is 9.36. The molecular weight excluding hydrogens is 690 g/mol. The maximum atomic E-state index is 9.00. The Balaban J connectivity index is 1.15. The second-order valence-electron chi connectivity index (χ2n) is 13.6. The van der Waals surface area contributed by atoms with Crippen LogP contribution in [0, 0.1) is 0 Å². The molecule has 4 heteroatoms. The van der Waals surface area contributed by atoms with Crippen molar-refractivity contribution in [1.29, 1.82) is 0 Å². The van der Waals surface area contributed by atoms with Crippen molar-refractivity contribution in [2.24, 2.45) is 0 Å². The van der Waals surface area contributed by atoms with Gasteiger partial charge >= 0.3 is 0 Å². The zero-order valence-electron chi connectivity index (χ0n) is 33.9. The van der Waals surface area contributed by atoms with Crippen molar-refractivity contribution in [2.75, 3.05) is 4.90 Å². The maximum Gasteiger partial charge on any atom is 0.247 e. The fraction of sp³-hybridized carbons (Fsp3) is 0. The highest BCUT2D eigenvalue weighted by molar-refractivity contribution is 8.01. The second kappa shape index (κ2) is 12.9. The van der Waals surface area contributed by atoms with E-state index in [0.717, 1.165) is 49.7 Å². The van der Waals surface area contributed by atoms with Crippen molar-refractivity contribution in [3.05, 3.63) is 194 Å². The monoisotopic (exact) mass is 726 g/mol. The third-order valence-corrected chi connectivity index (χ3v) is 12.9. The number of nitrogens with zero attached hydrogens (tertiary/aromatic N) is 1. The average molecular weight is 727 g/mol. The molecule has 9 aromatic rings. The van der Waals surface area contributed by atoms with Crippen molar-refractivity contribution in [3.63, 3.8) is 0 Å². The number of anilines is 3. The number of rotatable bonds is 5. The Bertz CT molecular complexity index is 3070. The molecule has 0 saturated heterocycles. The number of hydrogen-bond donors (Lipinski definition) is 0. The highest BCUT2D eigenvalue weighted by Gasteiger charge is 2.39. The molecule has 0 saturated carbocycles. The van der Waals surface area contributed by atoms with E-state index in [4.69, 9.17) is 6.85 Å². The Labute approximate surface area is 331 Å². The van der Waals surface area contributed by atoms with Crippen LogP contribution >= 0.6 is 23.5 Å². The fourth-order valence-corrected chi connectivity index (χ4v) is 10.9. The van der Waals surface area contributed by atoms with Crippen LogP contribution in [0.25, 0.3) is 43.8 Å². The van der Waals surface area contributed by atoms with Crippen molar-refractivity contribution in [1.82, 2.24) is 0 Å². The first-order valence-electron chi connectivity index (χ1n) is 20.5. The van der Waals surface area contributed by atoms with E-state index < -0.39 is 6.04 Å². The second-order valence-corrected chi connectivity index (χ2v) is 15.8. The van der Waals surface area contributed by atoms with Crippen molar-refractivity contribution < 1.29 is 6.85 Å². The predicted molar refractivity (Wildman–Crippen MR) is 233 cm³/mol. The van der Waals surface area contributed by atoms with Gasteiger partial charge in [-0.15, -0.1) is 0 Å². The molecule has 2 heterocycles. The van der Waals surface area contributed by atoms with Crippen molar-refractivity contribution >= 4 is 85.2 Å². The van der Waals surface area contributed by atoms with Gasteiger partial charge in [-0.1, -0.05) is 174 Å². The molecule has 2 aliphatic heterocycles.